The van der Waals surface area contributed by atoms with Gasteiger partial charge in [-0.25, -0.2) is 14.6 Å². The Hall–Kier alpha value is -2.77. The maximum Gasteiger partial charge on any atom is 0.267 e. The molecule has 2 aromatic rings. The molecule has 8 heteroatoms. The van der Waals surface area contributed by atoms with E-state index < -0.39 is 0 Å². The Morgan fingerprint density at radius 2 is 2.25 bits per heavy atom. The standard InChI is InChI=1S/C12H12N6O2/c13-12-14-4-8-5-17(6-9(8)16-12)11(20)7-18-10(19)2-1-3-15-18/h1-4H,5-7H2,(H2,13,14,16). The number of aromatic nitrogens is 4. The summed E-state index contributed by atoms with van der Waals surface area (Å²) in [6.45, 7) is 0.717. The smallest absolute Gasteiger partial charge is 0.267 e. The van der Waals surface area contributed by atoms with Gasteiger partial charge in [0.15, 0.2) is 0 Å². The number of carbonyl (C=O) groups is 1. The van der Waals surface area contributed by atoms with Crippen LogP contribution in [0.25, 0.3) is 0 Å². The second kappa shape index (κ2) is 4.72. The Morgan fingerprint density at radius 1 is 1.40 bits per heavy atom. The molecule has 2 aromatic heterocycles. The van der Waals surface area contributed by atoms with E-state index in [2.05, 4.69) is 15.1 Å². The summed E-state index contributed by atoms with van der Waals surface area (Å²) < 4.78 is 1.13. The number of rotatable bonds is 2. The van der Waals surface area contributed by atoms with E-state index in [4.69, 9.17) is 5.73 Å². The van der Waals surface area contributed by atoms with E-state index >= 15 is 0 Å². The molecule has 0 aromatic carbocycles. The minimum Gasteiger partial charge on any atom is -0.368 e. The van der Waals surface area contributed by atoms with Gasteiger partial charge in [-0.2, -0.15) is 5.10 Å². The van der Waals surface area contributed by atoms with Gasteiger partial charge < -0.3 is 10.6 Å². The molecule has 1 amide bonds. The second-order valence-electron chi connectivity index (χ2n) is 4.47. The first-order valence-corrected chi connectivity index (χ1v) is 6.03. The van der Waals surface area contributed by atoms with Crippen LogP contribution in [0.15, 0.2) is 29.3 Å². The lowest BCUT2D eigenvalue weighted by molar-refractivity contribution is -0.132. The summed E-state index contributed by atoms with van der Waals surface area (Å²) in [7, 11) is 0. The Labute approximate surface area is 113 Å². The van der Waals surface area contributed by atoms with Gasteiger partial charge in [-0.3, -0.25) is 9.59 Å². The molecular formula is C12H12N6O2. The molecule has 0 saturated carbocycles. The quantitative estimate of drug-likeness (QED) is 0.763. The summed E-state index contributed by atoms with van der Waals surface area (Å²) >= 11 is 0. The number of hydrogen-bond acceptors (Lipinski definition) is 6. The van der Waals surface area contributed by atoms with Gasteiger partial charge in [-0.05, 0) is 6.07 Å². The molecule has 20 heavy (non-hydrogen) atoms. The van der Waals surface area contributed by atoms with Gasteiger partial charge in [-0.1, -0.05) is 0 Å². The maximum atomic E-state index is 12.2. The molecule has 2 N–H and O–H groups in total. The van der Waals surface area contributed by atoms with Gasteiger partial charge >= 0.3 is 0 Å². The maximum absolute atomic E-state index is 12.2. The van der Waals surface area contributed by atoms with Gasteiger partial charge in [-0.15, -0.1) is 0 Å². The van der Waals surface area contributed by atoms with E-state index in [0.717, 1.165) is 15.9 Å². The Kier molecular flexibility index (Phi) is 2.90. The molecule has 0 bridgehead atoms. The summed E-state index contributed by atoms with van der Waals surface area (Å²) in [6.07, 6.45) is 3.09. The first-order chi connectivity index (χ1) is 9.63. The van der Waals surface area contributed by atoms with E-state index in [0.29, 0.717) is 13.1 Å². The number of nitrogens with two attached hydrogens (primary N) is 1. The molecule has 0 unspecified atom stereocenters. The highest BCUT2D eigenvalue weighted by Crippen LogP contribution is 2.20. The van der Waals surface area contributed by atoms with Gasteiger partial charge in [0, 0.05) is 30.6 Å². The molecule has 0 aliphatic carbocycles. The Morgan fingerprint density at radius 3 is 3.05 bits per heavy atom. The predicted octanol–water partition coefficient (Wildman–Crippen LogP) is -0.842. The lowest BCUT2D eigenvalue weighted by atomic mass is 10.3. The van der Waals surface area contributed by atoms with Crippen LogP contribution in [0.5, 0.6) is 0 Å². The zero-order valence-electron chi connectivity index (χ0n) is 10.6. The SMILES string of the molecule is Nc1ncc2c(n1)CN(C(=O)Cn1ncccc1=O)C2. The molecule has 3 rings (SSSR count). The number of fused-ring (bicyclic) bond motifs is 1. The van der Waals surface area contributed by atoms with E-state index in [1.54, 1.807) is 11.1 Å². The van der Waals surface area contributed by atoms with Crippen molar-refractivity contribution in [2.24, 2.45) is 0 Å². The fraction of sp³-hybridized carbons (Fsp3) is 0.250. The first-order valence-electron chi connectivity index (χ1n) is 6.03. The molecule has 0 fully saturated rings. The lowest BCUT2D eigenvalue weighted by Gasteiger charge is -2.15. The normalized spacial score (nSPS) is 13.3. The predicted molar refractivity (Wildman–Crippen MR) is 69.2 cm³/mol. The third-order valence-electron chi connectivity index (χ3n) is 3.10. The van der Waals surface area contributed by atoms with Crippen LogP contribution in [0.3, 0.4) is 0 Å². The highest BCUT2D eigenvalue weighted by molar-refractivity contribution is 5.76. The molecule has 0 radical (unpaired) electrons. The average Bonchev–Trinajstić information content (AvgIpc) is 2.84. The zero-order chi connectivity index (χ0) is 14.1. The van der Waals surface area contributed by atoms with Crippen molar-refractivity contribution in [3.05, 3.63) is 46.1 Å². The summed E-state index contributed by atoms with van der Waals surface area (Å²) in [4.78, 5) is 33.3. The first kappa shape index (κ1) is 12.3. The van der Waals surface area contributed by atoms with Gasteiger partial charge in [0.25, 0.3) is 5.56 Å². The Bertz CT molecular complexity index is 726. The van der Waals surface area contributed by atoms with Crippen LogP contribution >= 0.6 is 0 Å². The number of hydrogen-bond donors (Lipinski definition) is 1. The minimum absolute atomic E-state index is 0.0867. The fourth-order valence-electron chi connectivity index (χ4n) is 2.08. The van der Waals surface area contributed by atoms with Crippen LogP contribution in [0.1, 0.15) is 11.3 Å². The molecule has 1 aliphatic heterocycles. The van der Waals surface area contributed by atoms with Crippen molar-refractivity contribution in [3.63, 3.8) is 0 Å². The average molecular weight is 272 g/mol. The number of nitrogens with zero attached hydrogens (tertiary/aromatic N) is 5. The summed E-state index contributed by atoms with van der Waals surface area (Å²) in [5.41, 5.74) is 6.84. The molecule has 8 nitrogen and oxygen atoms in total. The molecular weight excluding hydrogens is 260 g/mol. The van der Waals surface area contributed by atoms with E-state index in [1.807, 2.05) is 0 Å². The highest BCUT2D eigenvalue weighted by atomic mass is 16.2. The topological polar surface area (TPSA) is 107 Å². The largest absolute Gasteiger partial charge is 0.368 e. The summed E-state index contributed by atoms with van der Waals surface area (Å²) in [5, 5.41) is 3.86. The van der Waals surface area contributed by atoms with E-state index in [-0.39, 0.29) is 24.0 Å². The highest BCUT2D eigenvalue weighted by Gasteiger charge is 2.25. The van der Waals surface area contributed by atoms with Crippen molar-refractivity contribution in [1.82, 2.24) is 24.6 Å². The van der Waals surface area contributed by atoms with Gasteiger partial charge in [0.1, 0.15) is 6.54 Å². The molecule has 0 spiro atoms. The van der Waals surface area contributed by atoms with Crippen LogP contribution in [0, 0.1) is 0 Å². The van der Waals surface area contributed by atoms with Crippen LogP contribution < -0.4 is 11.3 Å². The van der Waals surface area contributed by atoms with Crippen molar-refractivity contribution in [2.75, 3.05) is 5.73 Å². The Balaban J connectivity index is 1.75. The zero-order valence-corrected chi connectivity index (χ0v) is 10.6. The van der Waals surface area contributed by atoms with Crippen molar-refractivity contribution >= 4 is 11.9 Å². The minimum atomic E-state index is -0.304. The van der Waals surface area contributed by atoms with Crippen molar-refractivity contribution in [2.45, 2.75) is 19.6 Å². The van der Waals surface area contributed by atoms with Crippen LogP contribution in [-0.2, 0) is 24.4 Å². The van der Waals surface area contributed by atoms with Crippen molar-refractivity contribution in [3.8, 4) is 0 Å². The molecule has 0 atom stereocenters. The van der Waals surface area contributed by atoms with E-state index in [9.17, 15) is 9.59 Å². The number of anilines is 1. The molecule has 3 heterocycles. The van der Waals surface area contributed by atoms with Crippen LogP contribution in [0.4, 0.5) is 5.95 Å². The van der Waals surface area contributed by atoms with Gasteiger partial charge in [0.2, 0.25) is 11.9 Å². The van der Waals surface area contributed by atoms with Crippen LogP contribution in [0.2, 0.25) is 0 Å². The summed E-state index contributed by atoms with van der Waals surface area (Å²) in [5.74, 6) is 0.00126. The summed E-state index contributed by atoms with van der Waals surface area (Å²) in [6, 6.07) is 2.90. The fourth-order valence-corrected chi connectivity index (χ4v) is 2.08. The number of nitrogen functional groups attached to an aromatic ring is 1. The third-order valence-corrected chi connectivity index (χ3v) is 3.10. The van der Waals surface area contributed by atoms with Crippen LogP contribution in [-0.4, -0.2) is 30.6 Å². The van der Waals surface area contributed by atoms with Crippen molar-refractivity contribution < 1.29 is 4.79 Å². The lowest BCUT2D eigenvalue weighted by Crippen LogP contribution is -2.34. The number of amides is 1. The van der Waals surface area contributed by atoms with E-state index in [1.165, 1.54) is 18.3 Å². The van der Waals surface area contributed by atoms with Crippen molar-refractivity contribution in [1.29, 1.82) is 0 Å². The number of carbonyl (C=O) groups excluding carboxylic acids is 1. The third kappa shape index (κ3) is 2.22. The molecule has 102 valence electrons. The van der Waals surface area contributed by atoms with Gasteiger partial charge in [0.05, 0.1) is 12.2 Å². The second-order valence-corrected chi connectivity index (χ2v) is 4.47. The molecule has 1 aliphatic rings. The molecule has 0 saturated heterocycles. The monoisotopic (exact) mass is 272 g/mol.